The second-order valence-electron chi connectivity index (χ2n) is 5.37. The number of aliphatic hydroxyl groups excluding tert-OH is 1. The molecule has 1 atom stereocenters. The number of benzene rings is 1. The predicted octanol–water partition coefficient (Wildman–Crippen LogP) is 1.88. The molecule has 0 radical (unpaired) electrons. The van der Waals surface area contributed by atoms with Crippen LogP contribution in [-0.4, -0.2) is 29.7 Å². The van der Waals surface area contributed by atoms with Gasteiger partial charge in [-0.15, -0.1) is 0 Å². The molecule has 19 heavy (non-hydrogen) atoms. The van der Waals surface area contributed by atoms with Gasteiger partial charge in [-0.05, 0) is 55.0 Å². The maximum atomic E-state index is 13.3. The summed E-state index contributed by atoms with van der Waals surface area (Å²) < 4.78 is 13.3. The highest BCUT2D eigenvalue weighted by molar-refractivity contribution is 5.27. The summed E-state index contributed by atoms with van der Waals surface area (Å²) in [5, 5.41) is 9.03. The summed E-state index contributed by atoms with van der Waals surface area (Å²) in [6, 6.07) is 4.84. The molecule has 0 bridgehead atoms. The fourth-order valence-electron chi connectivity index (χ4n) is 2.89. The van der Waals surface area contributed by atoms with Crippen LogP contribution in [0, 0.1) is 11.7 Å². The lowest BCUT2D eigenvalue weighted by molar-refractivity contribution is 0.142. The number of halogens is 1. The van der Waals surface area contributed by atoms with Crippen molar-refractivity contribution in [3.63, 3.8) is 0 Å². The fraction of sp³-hybridized carbons (Fsp3) is 0.600. The van der Waals surface area contributed by atoms with Crippen LogP contribution in [0.3, 0.4) is 0 Å². The SMILES string of the molecule is NCc1ccc(F)cc1CN1CCCC(CCO)C1. The molecule has 2 rings (SSSR count). The molecule has 0 aromatic heterocycles. The summed E-state index contributed by atoms with van der Waals surface area (Å²) in [6.45, 7) is 3.49. The van der Waals surface area contributed by atoms with E-state index in [0.717, 1.165) is 43.6 Å². The molecule has 4 heteroatoms. The lowest BCUT2D eigenvalue weighted by Gasteiger charge is -2.33. The average Bonchev–Trinajstić information content (AvgIpc) is 2.40. The van der Waals surface area contributed by atoms with E-state index in [2.05, 4.69) is 4.90 Å². The standard InChI is InChI=1S/C15H23FN2O/c16-15-4-3-13(9-17)14(8-15)11-18-6-1-2-12(10-18)5-7-19/h3-4,8,12,19H,1-2,5-7,9-11,17H2. The predicted molar refractivity (Wildman–Crippen MR) is 74.0 cm³/mol. The van der Waals surface area contributed by atoms with E-state index in [9.17, 15) is 4.39 Å². The van der Waals surface area contributed by atoms with Gasteiger partial charge in [0.1, 0.15) is 5.82 Å². The van der Waals surface area contributed by atoms with Gasteiger partial charge in [-0.3, -0.25) is 4.90 Å². The third kappa shape index (κ3) is 4.00. The van der Waals surface area contributed by atoms with Crippen LogP contribution in [-0.2, 0) is 13.1 Å². The molecule has 1 unspecified atom stereocenters. The van der Waals surface area contributed by atoms with Crippen LogP contribution in [0.5, 0.6) is 0 Å². The van der Waals surface area contributed by atoms with Gasteiger partial charge in [-0.1, -0.05) is 6.07 Å². The quantitative estimate of drug-likeness (QED) is 0.855. The fourth-order valence-corrected chi connectivity index (χ4v) is 2.89. The minimum atomic E-state index is -0.198. The minimum absolute atomic E-state index is 0.198. The number of aliphatic hydroxyl groups is 1. The van der Waals surface area contributed by atoms with Gasteiger partial charge >= 0.3 is 0 Å². The Bertz CT molecular complexity index is 409. The van der Waals surface area contributed by atoms with Crippen molar-refractivity contribution >= 4 is 0 Å². The van der Waals surface area contributed by atoms with Gasteiger partial charge in [0.25, 0.3) is 0 Å². The smallest absolute Gasteiger partial charge is 0.123 e. The van der Waals surface area contributed by atoms with Gasteiger partial charge in [0.2, 0.25) is 0 Å². The van der Waals surface area contributed by atoms with Crippen molar-refractivity contribution in [2.45, 2.75) is 32.4 Å². The van der Waals surface area contributed by atoms with E-state index in [0.29, 0.717) is 12.5 Å². The molecule has 1 aliphatic heterocycles. The van der Waals surface area contributed by atoms with Crippen molar-refractivity contribution in [3.05, 3.63) is 35.1 Å². The van der Waals surface area contributed by atoms with Gasteiger partial charge in [0.05, 0.1) is 0 Å². The Balaban J connectivity index is 2.01. The van der Waals surface area contributed by atoms with Crippen molar-refractivity contribution in [2.75, 3.05) is 19.7 Å². The highest BCUT2D eigenvalue weighted by Gasteiger charge is 2.20. The van der Waals surface area contributed by atoms with E-state index in [1.165, 1.54) is 12.5 Å². The zero-order valence-corrected chi connectivity index (χ0v) is 11.3. The van der Waals surface area contributed by atoms with Crippen LogP contribution < -0.4 is 5.73 Å². The van der Waals surface area contributed by atoms with E-state index in [4.69, 9.17) is 10.8 Å². The molecule has 0 spiro atoms. The van der Waals surface area contributed by atoms with E-state index < -0.39 is 0 Å². The maximum absolute atomic E-state index is 13.3. The zero-order chi connectivity index (χ0) is 13.7. The van der Waals surface area contributed by atoms with Gasteiger partial charge in [0, 0.05) is 26.2 Å². The average molecular weight is 266 g/mol. The molecule has 3 nitrogen and oxygen atoms in total. The van der Waals surface area contributed by atoms with E-state index in [-0.39, 0.29) is 12.4 Å². The molecule has 0 aliphatic carbocycles. The molecule has 1 heterocycles. The van der Waals surface area contributed by atoms with Crippen molar-refractivity contribution in [1.82, 2.24) is 4.90 Å². The second kappa shape index (κ2) is 6.98. The van der Waals surface area contributed by atoms with E-state index in [1.54, 1.807) is 12.1 Å². The van der Waals surface area contributed by atoms with Crippen LogP contribution in [0.1, 0.15) is 30.4 Å². The lowest BCUT2D eigenvalue weighted by Crippen LogP contribution is -2.35. The Kier molecular flexibility index (Phi) is 5.31. The van der Waals surface area contributed by atoms with E-state index >= 15 is 0 Å². The Hall–Kier alpha value is -0.970. The molecular formula is C15H23FN2O. The largest absolute Gasteiger partial charge is 0.396 e. The third-order valence-corrected chi connectivity index (χ3v) is 3.92. The molecule has 1 aromatic rings. The first-order valence-electron chi connectivity index (χ1n) is 7.03. The Morgan fingerprint density at radius 1 is 1.37 bits per heavy atom. The molecule has 3 N–H and O–H groups in total. The molecule has 1 aromatic carbocycles. The molecule has 1 aliphatic rings. The number of piperidine rings is 1. The monoisotopic (exact) mass is 266 g/mol. The molecule has 1 fully saturated rings. The molecule has 0 amide bonds. The molecule has 0 saturated carbocycles. The highest BCUT2D eigenvalue weighted by Crippen LogP contribution is 2.22. The summed E-state index contributed by atoms with van der Waals surface area (Å²) in [5.74, 6) is 0.366. The van der Waals surface area contributed by atoms with Crippen molar-refractivity contribution < 1.29 is 9.50 Å². The first-order chi connectivity index (χ1) is 9.22. The summed E-state index contributed by atoms with van der Waals surface area (Å²) in [7, 11) is 0. The van der Waals surface area contributed by atoms with Gasteiger partial charge in [0.15, 0.2) is 0 Å². The van der Waals surface area contributed by atoms with Gasteiger partial charge in [-0.2, -0.15) is 0 Å². The Labute approximate surface area is 114 Å². The van der Waals surface area contributed by atoms with E-state index in [1.807, 2.05) is 0 Å². The Morgan fingerprint density at radius 2 is 2.21 bits per heavy atom. The van der Waals surface area contributed by atoms with Crippen molar-refractivity contribution in [2.24, 2.45) is 11.7 Å². The van der Waals surface area contributed by atoms with Crippen LogP contribution in [0.25, 0.3) is 0 Å². The van der Waals surface area contributed by atoms with Crippen molar-refractivity contribution in [1.29, 1.82) is 0 Å². The second-order valence-corrected chi connectivity index (χ2v) is 5.37. The van der Waals surface area contributed by atoms with Crippen LogP contribution in [0.15, 0.2) is 18.2 Å². The summed E-state index contributed by atoms with van der Waals surface area (Å²) in [4.78, 5) is 2.35. The Morgan fingerprint density at radius 3 is 2.95 bits per heavy atom. The van der Waals surface area contributed by atoms with Crippen LogP contribution >= 0.6 is 0 Å². The highest BCUT2D eigenvalue weighted by atomic mass is 19.1. The number of nitrogens with zero attached hydrogens (tertiary/aromatic N) is 1. The molecule has 106 valence electrons. The zero-order valence-electron chi connectivity index (χ0n) is 11.3. The normalized spacial score (nSPS) is 20.7. The third-order valence-electron chi connectivity index (χ3n) is 3.92. The van der Waals surface area contributed by atoms with Crippen LogP contribution in [0.4, 0.5) is 4.39 Å². The number of nitrogens with two attached hydrogens (primary N) is 1. The molecular weight excluding hydrogens is 243 g/mol. The number of rotatable bonds is 5. The maximum Gasteiger partial charge on any atom is 0.123 e. The minimum Gasteiger partial charge on any atom is -0.396 e. The van der Waals surface area contributed by atoms with Crippen LogP contribution in [0.2, 0.25) is 0 Å². The number of hydrogen-bond donors (Lipinski definition) is 2. The summed E-state index contributed by atoms with van der Waals surface area (Å²) in [5.41, 5.74) is 7.72. The van der Waals surface area contributed by atoms with Crippen molar-refractivity contribution in [3.8, 4) is 0 Å². The summed E-state index contributed by atoms with van der Waals surface area (Å²) >= 11 is 0. The molecule has 1 saturated heterocycles. The van der Waals surface area contributed by atoms with Gasteiger partial charge in [-0.25, -0.2) is 4.39 Å². The number of likely N-dealkylation sites (tertiary alicyclic amines) is 1. The lowest BCUT2D eigenvalue weighted by atomic mass is 9.94. The topological polar surface area (TPSA) is 49.5 Å². The van der Waals surface area contributed by atoms with Gasteiger partial charge < -0.3 is 10.8 Å². The first kappa shape index (κ1) is 14.4. The summed E-state index contributed by atoms with van der Waals surface area (Å²) in [6.07, 6.45) is 3.20. The number of hydrogen-bond acceptors (Lipinski definition) is 3. The first-order valence-corrected chi connectivity index (χ1v) is 7.03.